The van der Waals surface area contributed by atoms with Gasteiger partial charge in [0.15, 0.2) is 0 Å². The zero-order valence-corrected chi connectivity index (χ0v) is 20.5. The zero-order chi connectivity index (χ0) is 19.3. The highest BCUT2D eigenvalue weighted by Crippen LogP contribution is 2.27. The molecule has 2 atom stereocenters. The second kappa shape index (κ2) is 9.46. The number of ether oxygens (including phenoxy) is 1. The van der Waals surface area contributed by atoms with Crippen molar-refractivity contribution in [3.05, 3.63) is 36.4 Å². The van der Waals surface area contributed by atoms with E-state index in [9.17, 15) is 0 Å². The maximum absolute atomic E-state index is 6.33. The third kappa shape index (κ3) is 6.98. The first kappa shape index (κ1) is 22.6. The van der Waals surface area contributed by atoms with E-state index in [1.807, 2.05) is 6.08 Å². The molecule has 0 spiro atoms. The summed E-state index contributed by atoms with van der Waals surface area (Å²) in [5, 5.41) is 1.35. The maximum Gasteiger partial charge on any atom is 0.114 e. The van der Waals surface area contributed by atoms with Crippen molar-refractivity contribution in [1.82, 2.24) is 4.23 Å². The lowest BCUT2D eigenvalue weighted by Crippen LogP contribution is -2.65. The Hall–Kier alpha value is -0.469. The van der Waals surface area contributed by atoms with E-state index in [-0.39, 0.29) is 6.10 Å². The molecule has 0 saturated heterocycles. The van der Waals surface area contributed by atoms with Crippen LogP contribution in [0.3, 0.4) is 0 Å². The number of hydrogen-bond acceptors (Lipinski definition) is 2. The Kier molecular flexibility index (Phi) is 8.54. The van der Waals surface area contributed by atoms with Crippen molar-refractivity contribution >= 4 is 37.3 Å². The highest BCUT2D eigenvalue weighted by Gasteiger charge is 2.40. The SMILES string of the molecule is C=Cc1cccc([Si]COC(C)C(CC)N([Si](C)(C)C)[Si](C)(C)C)c1. The minimum atomic E-state index is -1.38. The van der Waals surface area contributed by atoms with E-state index in [2.05, 4.69) is 88.2 Å². The molecule has 5 heteroatoms. The van der Waals surface area contributed by atoms with Gasteiger partial charge in [0.05, 0.1) is 6.10 Å². The van der Waals surface area contributed by atoms with Gasteiger partial charge in [-0.3, -0.25) is 0 Å². The van der Waals surface area contributed by atoms with Crippen LogP contribution < -0.4 is 5.19 Å². The first-order chi connectivity index (χ1) is 11.5. The minimum Gasteiger partial charge on any atom is -0.380 e. The van der Waals surface area contributed by atoms with Crippen LogP contribution in [0, 0.1) is 0 Å². The van der Waals surface area contributed by atoms with Crippen molar-refractivity contribution in [2.45, 2.75) is 71.7 Å². The lowest BCUT2D eigenvalue weighted by molar-refractivity contribution is 0.0543. The molecule has 0 aliphatic heterocycles. The quantitative estimate of drug-likeness (QED) is 0.533. The molecule has 0 aromatic heterocycles. The van der Waals surface area contributed by atoms with Crippen LogP contribution in [0.15, 0.2) is 30.8 Å². The molecule has 25 heavy (non-hydrogen) atoms. The van der Waals surface area contributed by atoms with Crippen LogP contribution in [-0.2, 0) is 4.74 Å². The lowest BCUT2D eigenvalue weighted by Gasteiger charge is -2.50. The van der Waals surface area contributed by atoms with Crippen molar-refractivity contribution in [2.24, 2.45) is 0 Å². The molecule has 1 aromatic rings. The molecule has 140 valence electrons. The fraction of sp³-hybridized carbons (Fsp3) is 0.600. The van der Waals surface area contributed by atoms with Gasteiger partial charge in [-0.2, -0.15) is 0 Å². The summed E-state index contributed by atoms with van der Waals surface area (Å²) >= 11 is 0. The first-order valence-corrected chi connectivity index (χ1v) is 17.5. The molecular weight excluding hydrogens is 354 g/mol. The van der Waals surface area contributed by atoms with E-state index in [0.717, 1.165) is 12.7 Å². The van der Waals surface area contributed by atoms with Gasteiger partial charge in [-0.25, -0.2) is 0 Å². The fourth-order valence-electron chi connectivity index (χ4n) is 3.87. The van der Waals surface area contributed by atoms with Crippen LogP contribution in [0.25, 0.3) is 6.08 Å². The fourth-order valence-corrected chi connectivity index (χ4v) is 15.7. The Morgan fingerprint density at radius 3 is 2.24 bits per heavy atom. The third-order valence-electron chi connectivity index (χ3n) is 4.48. The molecule has 0 aliphatic carbocycles. The third-order valence-corrected chi connectivity index (χ3v) is 13.1. The molecule has 0 aliphatic rings. The van der Waals surface area contributed by atoms with Crippen molar-refractivity contribution in [3.8, 4) is 0 Å². The molecule has 2 nitrogen and oxygen atoms in total. The number of nitrogens with zero attached hydrogens (tertiary/aromatic N) is 1. The van der Waals surface area contributed by atoms with Crippen LogP contribution in [0.5, 0.6) is 0 Å². The highest BCUT2D eigenvalue weighted by molar-refractivity contribution is 6.89. The Labute approximate surface area is 160 Å². The molecule has 2 unspecified atom stereocenters. The normalized spacial score (nSPS) is 15.2. The van der Waals surface area contributed by atoms with Gasteiger partial charge in [0.1, 0.15) is 26.0 Å². The van der Waals surface area contributed by atoms with Gasteiger partial charge >= 0.3 is 0 Å². The van der Waals surface area contributed by atoms with Gasteiger partial charge in [-0.15, -0.1) is 0 Å². The maximum atomic E-state index is 6.33. The van der Waals surface area contributed by atoms with Gasteiger partial charge in [0.25, 0.3) is 0 Å². The second-order valence-electron chi connectivity index (χ2n) is 8.71. The predicted octanol–water partition coefficient (Wildman–Crippen LogP) is 4.77. The average molecular weight is 392 g/mol. The Bertz CT molecular complexity index is 535. The van der Waals surface area contributed by atoms with Gasteiger partial charge in [-0.05, 0) is 18.9 Å². The van der Waals surface area contributed by atoms with E-state index in [4.69, 9.17) is 4.74 Å². The number of rotatable bonds is 10. The lowest BCUT2D eigenvalue weighted by atomic mass is 10.1. The standard InChI is InChI=1S/C20H37NOSi3/c1-10-18-13-12-14-19(15-18)23-16-22-17(3)20(11-2)21(24(4,5)6)25(7,8)9/h10,12-15,17,20H,1,11,16H2,2-9H3. The van der Waals surface area contributed by atoms with E-state index in [1.165, 1.54) is 10.8 Å². The van der Waals surface area contributed by atoms with Crippen LogP contribution in [-0.4, -0.2) is 48.6 Å². The molecule has 0 bridgehead atoms. The summed E-state index contributed by atoms with van der Waals surface area (Å²) in [6, 6.07) is 9.13. The van der Waals surface area contributed by atoms with Gasteiger partial charge < -0.3 is 8.97 Å². The summed E-state index contributed by atoms with van der Waals surface area (Å²) in [6.45, 7) is 23.3. The van der Waals surface area contributed by atoms with Crippen molar-refractivity contribution in [2.75, 3.05) is 6.23 Å². The van der Waals surface area contributed by atoms with E-state index in [0.29, 0.717) is 15.6 Å². The molecule has 0 N–H and O–H groups in total. The van der Waals surface area contributed by atoms with Crippen LogP contribution in [0.4, 0.5) is 0 Å². The number of benzene rings is 1. The second-order valence-corrected chi connectivity index (χ2v) is 20.0. The molecular formula is C20H37NOSi3. The number of hydrogen-bond donors (Lipinski definition) is 0. The Morgan fingerprint density at radius 1 is 1.16 bits per heavy atom. The Morgan fingerprint density at radius 2 is 1.76 bits per heavy atom. The summed E-state index contributed by atoms with van der Waals surface area (Å²) < 4.78 is 9.23. The van der Waals surface area contributed by atoms with Gasteiger partial charge in [0, 0.05) is 12.3 Å². The Balaban J connectivity index is 2.74. The molecule has 0 heterocycles. The van der Waals surface area contributed by atoms with Crippen molar-refractivity contribution < 1.29 is 4.74 Å². The van der Waals surface area contributed by atoms with Crippen molar-refractivity contribution in [1.29, 1.82) is 0 Å². The van der Waals surface area contributed by atoms with Crippen molar-refractivity contribution in [3.63, 3.8) is 0 Å². The van der Waals surface area contributed by atoms with Gasteiger partial charge in [0.2, 0.25) is 0 Å². The molecule has 1 rings (SSSR count). The molecule has 0 amide bonds. The molecule has 0 fully saturated rings. The van der Waals surface area contributed by atoms with Crippen LogP contribution >= 0.6 is 0 Å². The van der Waals surface area contributed by atoms with Gasteiger partial charge in [-0.1, -0.05) is 88.3 Å². The average Bonchev–Trinajstić information content (AvgIpc) is 2.50. The summed E-state index contributed by atoms with van der Waals surface area (Å²) in [7, 11) is -2.06. The topological polar surface area (TPSA) is 12.5 Å². The first-order valence-electron chi connectivity index (χ1n) is 9.38. The predicted molar refractivity (Wildman–Crippen MR) is 120 cm³/mol. The molecule has 2 radical (unpaired) electrons. The minimum absolute atomic E-state index is 0.276. The van der Waals surface area contributed by atoms with E-state index >= 15 is 0 Å². The molecule has 1 aromatic carbocycles. The van der Waals surface area contributed by atoms with E-state index in [1.54, 1.807) is 0 Å². The summed E-state index contributed by atoms with van der Waals surface area (Å²) in [6.07, 6.45) is 4.15. The zero-order valence-electron chi connectivity index (χ0n) is 17.5. The summed E-state index contributed by atoms with van der Waals surface area (Å²) in [4.78, 5) is 0. The van der Waals surface area contributed by atoms with Crippen LogP contribution in [0.2, 0.25) is 39.3 Å². The summed E-state index contributed by atoms with van der Waals surface area (Å²) in [5.74, 6) is 0. The monoisotopic (exact) mass is 391 g/mol. The van der Waals surface area contributed by atoms with E-state index < -0.39 is 16.5 Å². The van der Waals surface area contributed by atoms with Crippen LogP contribution in [0.1, 0.15) is 25.8 Å². The highest BCUT2D eigenvalue weighted by atomic mass is 28.4. The molecule has 0 saturated carbocycles. The smallest absolute Gasteiger partial charge is 0.114 e. The largest absolute Gasteiger partial charge is 0.380 e. The summed E-state index contributed by atoms with van der Waals surface area (Å²) in [5.41, 5.74) is 1.19.